The molecular weight excluding hydrogens is 414 g/mol. The second-order valence-electron chi connectivity index (χ2n) is 0.385. The van der Waals surface area contributed by atoms with Crippen molar-refractivity contribution >= 4 is 61.9 Å². The van der Waals surface area contributed by atoms with Gasteiger partial charge in [-0.3, -0.25) is 0 Å². The molecule has 0 amide bonds. The van der Waals surface area contributed by atoms with Gasteiger partial charge in [-0.05, 0) is 0 Å². The fourth-order valence-corrected chi connectivity index (χ4v) is 0. The third kappa shape index (κ3) is 889. The van der Waals surface area contributed by atoms with Crippen molar-refractivity contribution < 1.29 is 57.7 Å². The molecule has 0 radical (unpaired) electrons. The molecule has 0 saturated heterocycles. The summed E-state index contributed by atoms with van der Waals surface area (Å²) in [6.45, 7) is 0. The molecule has 13 heteroatoms. The average Bonchev–Trinajstić information content (AvgIpc) is 1.92. The standard InChI is InChI=1S/4Al.Hf.8O/q;;;;+4;;;;;4*-1. The van der Waals surface area contributed by atoms with E-state index in [2.05, 4.69) is 0 Å². The van der Waals surface area contributed by atoms with Crippen LogP contribution >= 0.6 is 0 Å². The quantitative estimate of drug-likeness (QED) is 0.353. The van der Waals surface area contributed by atoms with E-state index in [9.17, 15) is 0 Å². The Bertz CT molecular complexity index is 70.1. The SMILES string of the molecule is [Hf+4].[O]=[Al][O-].[O]=[Al][O-].[O]=[Al][O-].[O]=[Al][O-]. The van der Waals surface area contributed by atoms with Gasteiger partial charge in [-0.25, -0.2) is 0 Å². The molecule has 0 aliphatic rings. The average molecular weight is 414 g/mol. The molecule has 0 aliphatic carbocycles. The second kappa shape index (κ2) is 70.7. The van der Waals surface area contributed by atoms with Crippen LogP contribution < -0.4 is 16.6 Å². The summed E-state index contributed by atoms with van der Waals surface area (Å²) in [5.74, 6) is 0. The Morgan fingerprint density at radius 3 is 0.538 bits per heavy atom. The van der Waals surface area contributed by atoms with Gasteiger partial charge >= 0.3 is 120 Å². The molecule has 0 bridgehead atoms. The van der Waals surface area contributed by atoms with Crippen molar-refractivity contribution in [3.8, 4) is 0 Å². The Labute approximate surface area is 118 Å². The van der Waals surface area contributed by atoms with Crippen molar-refractivity contribution in [1.82, 2.24) is 0 Å². The van der Waals surface area contributed by atoms with E-state index in [1.54, 1.807) is 0 Å². The van der Waals surface area contributed by atoms with Crippen LogP contribution in [0.2, 0.25) is 0 Å². The van der Waals surface area contributed by atoms with Crippen LogP contribution in [0.1, 0.15) is 0 Å². The molecule has 0 saturated carbocycles. The predicted molar refractivity (Wildman–Crippen MR) is 25.8 cm³/mol. The zero-order valence-electron chi connectivity index (χ0n) is 6.08. The molecule has 0 aromatic rings. The summed E-state index contributed by atoms with van der Waals surface area (Å²) in [5, 5.41) is 0. The molecular formula is Al4HfO8. The van der Waals surface area contributed by atoms with Gasteiger partial charge in [0, 0.05) is 0 Å². The minimum atomic E-state index is -1.75. The van der Waals surface area contributed by atoms with Gasteiger partial charge in [0.15, 0.2) is 0 Å². The summed E-state index contributed by atoms with van der Waals surface area (Å²) in [4.78, 5) is 0. The van der Waals surface area contributed by atoms with Gasteiger partial charge in [0.1, 0.15) is 0 Å². The monoisotopic (exact) mass is 416 g/mol. The number of hydrogen-bond donors (Lipinski definition) is 0. The molecule has 0 spiro atoms. The van der Waals surface area contributed by atoms with Gasteiger partial charge in [-0.1, -0.05) is 0 Å². The Morgan fingerprint density at radius 2 is 0.538 bits per heavy atom. The van der Waals surface area contributed by atoms with E-state index in [-0.39, 0.29) is 25.8 Å². The molecule has 8 nitrogen and oxygen atoms in total. The summed E-state index contributed by atoms with van der Waals surface area (Å²) < 4.78 is 67.7. The maximum absolute atomic E-state index is 8.46. The first kappa shape index (κ1) is 29.3. The Morgan fingerprint density at radius 1 is 0.538 bits per heavy atom. The molecule has 0 atom stereocenters. The van der Waals surface area contributed by atoms with E-state index in [1.807, 2.05) is 0 Å². The molecule has 0 fully saturated rings. The van der Waals surface area contributed by atoms with Gasteiger partial charge in [-0.15, -0.1) is 0 Å². The Kier molecular flexibility index (Phi) is 159. The van der Waals surface area contributed by atoms with Crippen LogP contribution in [0.3, 0.4) is 0 Å². The van der Waals surface area contributed by atoms with E-state index < -0.39 is 61.9 Å². The number of rotatable bonds is 0. The first-order valence-corrected chi connectivity index (χ1v) is 5.66. The van der Waals surface area contributed by atoms with Crippen LogP contribution in [-0.2, 0) is 41.1 Å². The van der Waals surface area contributed by atoms with Crippen molar-refractivity contribution in [2.45, 2.75) is 0 Å². The van der Waals surface area contributed by atoms with E-state index in [0.29, 0.717) is 0 Å². The fourth-order valence-electron chi connectivity index (χ4n) is 0. The van der Waals surface area contributed by atoms with E-state index in [1.165, 1.54) is 0 Å². The molecule has 0 rings (SSSR count). The molecule has 13 heavy (non-hydrogen) atoms. The first-order valence-electron chi connectivity index (χ1n) is 1.89. The normalized spacial score (nSPS) is 2.46. The van der Waals surface area contributed by atoms with Gasteiger partial charge in [0.2, 0.25) is 0 Å². The van der Waals surface area contributed by atoms with Crippen LogP contribution in [-0.4, -0.2) is 61.9 Å². The van der Waals surface area contributed by atoms with Crippen LogP contribution in [0.25, 0.3) is 0 Å². The van der Waals surface area contributed by atoms with Gasteiger partial charge in [0.25, 0.3) is 0 Å². The zero-order chi connectivity index (χ0) is 10.8. The second-order valence-corrected chi connectivity index (χ2v) is 1.15. The van der Waals surface area contributed by atoms with Crippen molar-refractivity contribution in [3.63, 3.8) is 0 Å². The molecule has 0 N–H and O–H groups in total. The maximum atomic E-state index is 8.46. The topological polar surface area (TPSA) is 161 Å². The van der Waals surface area contributed by atoms with Crippen molar-refractivity contribution in [1.29, 1.82) is 0 Å². The van der Waals surface area contributed by atoms with Crippen LogP contribution in [0.4, 0.5) is 0 Å². The van der Waals surface area contributed by atoms with Crippen molar-refractivity contribution in [2.75, 3.05) is 0 Å². The minimum absolute atomic E-state index is 0. The van der Waals surface area contributed by atoms with Gasteiger partial charge < -0.3 is 0 Å². The third-order valence-corrected chi connectivity index (χ3v) is 0. The van der Waals surface area contributed by atoms with Gasteiger partial charge in [-0.2, -0.15) is 0 Å². The van der Waals surface area contributed by atoms with Crippen molar-refractivity contribution in [3.05, 3.63) is 0 Å². The predicted octanol–water partition coefficient (Wildman–Crippen LogP) is -6.76. The van der Waals surface area contributed by atoms with E-state index in [4.69, 9.17) is 31.8 Å². The summed E-state index contributed by atoms with van der Waals surface area (Å²) in [5.41, 5.74) is 0. The summed E-state index contributed by atoms with van der Waals surface area (Å²) in [6.07, 6.45) is 0. The number of hydrogen-bond acceptors (Lipinski definition) is 8. The summed E-state index contributed by atoms with van der Waals surface area (Å²) in [7, 11) is 0. The molecule has 0 unspecified atom stereocenters. The van der Waals surface area contributed by atoms with Crippen LogP contribution in [0, 0.1) is 0 Å². The Balaban J connectivity index is -0.0000000213. The van der Waals surface area contributed by atoms with Crippen LogP contribution in [0.5, 0.6) is 0 Å². The third-order valence-electron chi connectivity index (χ3n) is 0. The summed E-state index contributed by atoms with van der Waals surface area (Å²) in [6, 6.07) is 0. The van der Waals surface area contributed by atoms with E-state index >= 15 is 0 Å². The van der Waals surface area contributed by atoms with Crippen molar-refractivity contribution in [2.24, 2.45) is 0 Å². The fraction of sp³-hybridized carbons (Fsp3) is 0. The zero-order valence-corrected chi connectivity index (χ0v) is 14.3. The molecule has 64 valence electrons. The van der Waals surface area contributed by atoms with E-state index in [0.717, 1.165) is 0 Å². The first-order chi connectivity index (χ1) is 5.66. The molecule has 0 aliphatic heterocycles. The summed E-state index contributed by atoms with van der Waals surface area (Å²) >= 11 is -7.00. The van der Waals surface area contributed by atoms with Gasteiger partial charge in [0.05, 0.1) is 0 Å². The van der Waals surface area contributed by atoms with Crippen LogP contribution in [0.15, 0.2) is 0 Å². The molecule has 0 aromatic carbocycles. The Hall–Kier alpha value is 1.40. The molecule has 0 aromatic heterocycles. The molecule has 0 heterocycles.